The first-order valence-electron chi connectivity index (χ1n) is 6.38. The van der Waals surface area contributed by atoms with E-state index in [0.29, 0.717) is 0 Å². The number of carbonyl (C=O) groups is 3. The first-order chi connectivity index (χ1) is 9.52. The molecule has 0 spiro atoms. The van der Waals surface area contributed by atoms with Gasteiger partial charge in [-0.1, -0.05) is 37.3 Å². The molecule has 1 unspecified atom stereocenters. The van der Waals surface area contributed by atoms with Gasteiger partial charge in [-0.2, -0.15) is 0 Å². The van der Waals surface area contributed by atoms with Crippen LogP contribution < -0.4 is 10.6 Å². The first-order valence-corrected chi connectivity index (χ1v) is 6.38. The molecule has 1 atom stereocenters. The third kappa shape index (κ3) is 2.18. The van der Waals surface area contributed by atoms with Gasteiger partial charge in [0.05, 0.1) is 0 Å². The fourth-order valence-corrected chi connectivity index (χ4v) is 2.38. The van der Waals surface area contributed by atoms with Gasteiger partial charge in [0.25, 0.3) is 11.8 Å². The molecule has 6 nitrogen and oxygen atoms in total. The smallest absolute Gasteiger partial charge is 0.328 e. The fraction of sp³-hybridized carbons (Fsp3) is 0.357. The number of hydrogen-bond acceptors (Lipinski definition) is 4. The molecule has 2 rings (SSSR count). The van der Waals surface area contributed by atoms with Crippen LogP contribution in [-0.4, -0.2) is 30.1 Å². The molecule has 1 aromatic carbocycles. The Morgan fingerprint density at radius 1 is 1.10 bits per heavy atom. The van der Waals surface area contributed by atoms with Crippen molar-refractivity contribution in [3.8, 4) is 0 Å². The van der Waals surface area contributed by atoms with Crippen molar-refractivity contribution >= 4 is 17.8 Å². The standard InChI is InChI=1S/C14H16N2O4/c1-3-20-14(9(2)10-7-5-4-6-8-10)11(17)15-13(19)16-12(14)18/h4-9H,3H2,1-2H3,(H2,15,16,17,18,19). The van der Waals surface area contributed by atoms with E-state index in [4.69, 9.17) is 4.74 Å². The van der Waals surface area contributed by atoms with Crippen LogP contribution in [0.5, 0.6) is 0 Å². The second-order valence-corrected chi connectivity index (χ2v) is 4.54. The summed E-state index contributed by atoms with van der Waals surface area (Å²) >= 11 is 0. The Bertz CT molecular complexity index is 521. The highest BCUT2D eigenvalue weighted by atomic mass is 16.5. The third-order valence-electron chi connectivity index (χ3n) is 3.41. The number of ether oxygens (including phenoxy) is 1. The molecule has 20 heavy (non-hydrogen) atoms. The molecular formula is C14H16N2O4. The SMILES string of the molecule is CCOC1(C(C)c2ccccc2)C(=O)NC(=O)NC1=O. The molecule has 1 fully saturated rings. The lowest BCUT2D eigenvalue weighted by Gasteiger charge is -2.38. The van der Waals surface area contributed by atoms with E-state index in [-0.39, 0.29) is 6.61 Å². The van der Waals surface area contributed by atoms with Crippen molar-refractivity contribution in [1.29, 1.82) is 0 Å². The Hall–Kier alpha value is -2.21. The van der Waals surface area contributed by atoms with E-state index in [2.05, 4.69) is 10.6 Å². The van der Waals surface area contributed by atoms with E-state index in [1.165, 1.54) is 0 Å². The number of rotatable bonds is 4. The summed E-state index contributed by atoms with van der Waals surface area (Å²) in [5.41, 5.74) is -0.954. The van der Waals surface area contributed by atoms with Crippen molar-refractivity contribution in [3.05, 3.63) is 35.9 Å². The summed E-state index contributed by atoms with van der Waals surface area (Å²) in [6.07, 6.45) is 0. The van der Waals surface area contributed by atoms with Crippen LogP contribution in [0.3, 0.4) is 0 Å². The molecule has 0 radical (unpaired) electrons. The van der Waals surface area contributed by atoms with Crippen molar-refractivity contribution < 1.29 is 19.1 Å². The summed E-state index contributed by atoms with van der Waals surface area (Å²) in [5, 5.41) is 4.20. The minimum atomic E-state index is -1.73. The summed E-state index contributed by atoms with van der Waals surface area (Å²) in [7, 11) is 0. The molecule has 2 N–H and O–H groups in total. The van der Waals surface area contributed by atoms with E-state index in [9.17, 15) is 14.4 Å². The van der Waals surface area contributed by atoms with E-state index in [1.54, 1.807) is 13.8 Å². The molecule has 1 aromatic rings. The van der Waals surface area contributed by atoms with E-state index >= 15 is 0 Å². The normalized spacial score (nSPS) is 19.2. The van der Waals surface area contributed by atoms with Crippen LogP contribution in [0.2, 0.25) is 0 Å². The van der Waals surface area contributed by atoms with Crippen molar-refractivity contribution in [3.63, 3.8) is 0 Å². The highest BCUT2D eigenvalue weighted by Gasteiger charge is 2.55. The molecule has 1 aliphatic heterocycles. The molecule has 1 heterocycles. The van der Waals surface area contributed by atoms with Gasteiger partial charge < -0.3 is 4.74 Å². The average Bonchev–Trinajstić information content (AvgIpc) is 2.43. The second-order valence-electron chi connectivity index (χ2n) is 4.54. The number of imide groups is 2. The molecule has 4 amide bonds. The zero-order valence-corrected chi connectivity index (χ0v) is 11.3. The van der Waals surface area contributed by atoms with Crippen molar-refractivity contribution in [2.75, 3.05) is 6.61 Å². The molecule has 0 aromatic heterocycles. The van der Waals surface area contributed by atoms with Gasteiger partial charge in [0.15, 0.2) is 0 Å². The monoisotopic (exact) mass is 276 g/mol. The van der Waals surface area contributed by atoms with Crippen LogP contribution in [0, 0.1) is 0 Å². The molecule has 0 bridgehead atoms. The lowest BCUT2D eigenvalue weighted by Crippen LogP contribution is -2.69. The number of barbiturate groups is 1. The van der Waals surface area contributed by atoms with Crippen molar-refractivity contribution in [2.24, 2.45) is 0 Å². The molecule has 6 heteroatoms. The zero-order chi connectivity index (χ0) is 14.8. The topological polar surface area (TPSA) is 84.5 Å². The second kappa shape index (κ2) is 5.42. The maximum absolute atomic E-state index is 12.2. The number of benzene rings is 1. The minimum Gasteiger partial charge on any atom is -0.356 e. The molecule has 0 saturated carbocycles. The van der Waals surface area contributed by atoms with Gasteiger partial charge in [-0.15, -0.1) is 0 Å². The Kier molecular flexibility index (Phi) is 3.85. The van der Waals surface area contributed by atoms with Crippen molar-refractivity contribution in [2.45, 2.75) is 25.4 Å². The predicted molar refractivity (Wildman–Crippen MR) is 70.9 cm³/mol. The largest absolute Gasteiger partial charge is 0.356 e. The predicted octanol–water partition coefficient (Wildman–Crippen LogP) is 0.931. The lowest BCUT2D eigenvalue weighted by molar-refractivity contribution is -0.164. The molecule has 1 saturated heterocycles. The molecular weight excluding hydrogens is 260 g/mol. The molecule has 0 aliphatic carbocycles. The summed E-state index contributed by atoms with van der Waals surface area (Å²) in [6, 6.07) is 8.26. The number of hydrogen-bond donors (Lipinski definition) is 2. The highest BCUT2D eigenvalue weighted by molar-refractivity contribution is 6.22. The summed E-state index contributed by atoms with van der Waals surface area (Å²) in [6.45, 7) is 3.59. The summed E-state index contributed by atoms with van der Waals surface area (Å²) < 4.78 is 5.48. The Morgan fingerprint density at radius 2 is 1.65 bits per heavy atom. The highest BCUT2D eigenvalue weighted by Crippen LogP contribution is 2.33. The van der Waals surface area contributed by atoms with Crippen LogP contribution in [0.25, 0.3) is 0 Å². The summed E-state index contributed by atoms with van der Waals surface area (Å²) in [5.74, 6) is -1.99. The van der Waals surface area contributed by atoms with Gasteiger partial charge in [-0.05, 0) is 12.5 Å². The van der Waals surface area contributed by atoms with Crippen molar-refractivity contribution in [1.82, 2.24) is 10.6 Å². The number of carbonyl (C=O) groups excluding carboxylic acids is 3. The quantitative estimate of drug-likeness (QED) is 0.801. The van der Waals surface area contributed by atoms with E-state index in [0.717, 1.165) is 5.56 Å². The van der Waals surface area contributed by atoms with Crippen LogP contribution in [0.4, 0.5) is 4.79 Å². The number of urea groups is 1. The first kappa shape index (κ1) is 14.2. The number of amides is 4. The lowest BCUT2D eigenvalue weighted by atomic mass is 9.80. The van der Waals surface area contributed by atoms with Gasteiger partial charge in [0, 0.05) is 12.5 Å². The van der Waals surface area contributed by atoms with Gasteiger partial charge >= 0.3 is 6.03 Å². The van der Waals surface area contributed by atoms with Gasteiger partial charge in [0.2, 0.25) is 5.60 Å². The van der Waals surface area contributed by atoms with E-state index in [1.807, 2.05) is 30.3 Å². The number of nitrogens with one attached hydrogen (secondary N) is 2. The third-order valence-corrected chi connectivity index (χ3v) is 3.41. The zero-order valence-electron chi connectivity index (χ0n) is 11.3. The van der Waals surface area contributed by atoms with Gasteiger partial charge in [-0.25, -0.2) is 4.79 Å². The molecule has 1 aliphatic rings. The Balaban J connectivity index is 2.46. The van der Waals surface area contributed by atoms with Crippen LogP contribution in [0.15, 0.2) is 30.3 Å². The van der Waals surface area contributed by atoms with Crippen LogP contribution >= 0.6 is 0 Å². The van der Waals surface area contributed by atoms with Crippen LogP contribution in [0.1, 0.15) is 25.3 Å². The average molecular weight is 276 g/mol. The van der Waals surface area contributed by atoms with Gasteiger partial charge in [0.1, 0.15) is 0 Å². The maximum Gasteiger partial charge on any atom is 0.328 e. The maximum atomic E-state index is 12.2. The fourth-order valence-electron chi connectivity index (χ4n) is 2.38. The Labute approximate surface area is 116 Å². The molecule has 106 valence electrons. The Morgan fingerprint density at radius 3 is 2.15 bits per heavy atom. The minimum absolute atomic E-state index is 0.173. The van der Waals surface area contributed by atoms with Crippen LogP contribution in [-0.2, 0) is 14.3 Å². The van der Waals surface area contributed by atoms with E-state index < -0.39 is 29.4 Å². The van der Waals surface area contributed by atoms with Gasteiger partial charge in [-0.3, -0.25) is 20.2 Å². The summed E-state index contributed by atoms with van der Waals surface area (Å²) in [4.78, 5) is 35.7.